The van der Waals surface area contributed by atoms with E-state index in [2.05, 4.69) is 11.9 Å². The van der Waals surface area contributed by atoms with Gasteiger partial charge in [-0.25, -0.2) is 9.59 Å². The highest BCUT2D eigenvalue weighted by Gasteiger charge is 2.36. The quantitative estimate of drug-likeness (QED) is 0.782. The van der Waals surface area contributed by atoms with Crippen molar-refractivity contribution in [2.45, 2.75) is 44.7 Å². The maximum Gasteiger partial charge on any atom is 0.326 e. The fourth-order valence-corrected chi connectivity index (χ4v) is 3.24. The summed E-state index contributed by atoms with van der Waals surface area (Å²) < 4.78 is 0. The molecule has 2 saturated heterocycles. The molecule has 6 heteroatoms. The average molecular weight is 283 g/mol. The first-order chi connectivity index (χ1) is 9.50. The summed E-state index contributed by atoms with van der Waals surface area (Å²) in [6.45, 7) is 5.15. The molecular weight excluding hydrogens is 258 g/mol. The predicted octanol–water partition coefficient (Wildman–Crippen LogP) is 1.07. The normalized spacial score (nSPS) is 29.1. The van der Waals surface area contributed by atoms with Crippen LogP contribution in [0.15, 0.2) is 0 Å². The van der Waals surface area contributed by atoms with Gasteiger partial charge in [0.05, 0.1) is 0 Å². The van der Waals surface area contributed by atoms with Crippen LogP contribution in [0.5, 0.6) is 0 Å². The number of carboxylic acid groups (broad SMARTS) is 1. The van der Waals surface area contributed by atoms with Crippen LogP contribution in [0.1, 0.15) is 32.6 Å². The van der Waals surface area contributed by atoms with Crippen molar-refractivity contribution in [2.75, 3.05) is 33.2 Å². The molecule has 0 radical (unpaired) electrons. The Hall–Kier alpha value is -1.30. The van der Waals surface area contributed by atoms with Crippen LogP contribution in [0.4, 0.5) is 4.79 Å². The number of likely N-dealkylation sites (N-methyl/N-ethyl adjacent to an activating group) is 1. The Balaban J connectivity index is 2.09. The Morgan fingerprint density at radius 1 is 1.05 bits per heavy atom. The Morgan fingerprint density at radius 2 is 1.75 bits per heavy atom. The molecule has 0 bridgehead atoms. The van der Waals surface area contributed by atoms with Crippen LogP contribution in [0.2, 0.25) is 0 Å². The van der Waals surface area contributed by atoms with E-state index in [0.29, 0.717) is 19.5 Å². The monoisotopic (exact) mass is 283 g/mol. The lowest BCUT2D eigenvalue weighted by molar-refractivity contribution is -0.143. The second kappa shape index (κ2) is 6.43. The minimum atomic E-state index is -0.877. The number of carbonyl (C=O) groups excluding carboxylic acids is 1. The zero-order valence-electron chi connectivity index (χ0n) is 12.4. The van der Waals surface area contributed by atoms with Gasteiger partial charge in [0.2, 0.25) is 0 Å². The van der Waals surface area contributed by atoms with E-state index < -0.39 is 12.0 Å². The molecule has 2 aliphatic rings. The van der Waals surface area contributed by atoms with Crippen molar-refractivity contribution in [2.24, 2.45) is 0 Å². The molecular formula is C14H25N3O3. The van der Waals surface area contributed by atoms with Crippen molar-refractivity contribution in [3.63, 3.8) is 0 Å². The van der Waals surface area contributed by atoms with Gasteiger partial charge >= 0.3 is 12.0 Å². The molecule has 0 aromatic rings. The van der Waals surface area contributed by atoms with E-state index in [-0.39, 0.29) is 12.1 Å². The molecule has 20 heavy (non-hydrogen) atoms. The molecule has 2 heterocycles. The molecule has 114 valence electrons. The summed E-state index contributed by atoms with van der Waals surface area (Å²) >= 11 is 0. The Morgan fingerprint density at radius 3 is 2.45 bits per heavy atom. The molecule has 0 aromatic heterocycles. The molecule has 0 spiro atoms. The summed E-state index contributed by atoms with van der Waals surface area (Å²) in [5.74, 6) is -0.877. The molecule has 2 amide bonds. The number of carboxylic acids is 1. The highest BCUT2D eigenvalue weighted by molar-refractivity contribution is 5.83. The van der Waals surface area contributed by atoms with Crippen LogP contribution in [-0.2, 0) is 4.79 Å². The van der Waals surface area contributed by atoms with Gasteiger partial charge in [-0.1, -0.05) is 0 Å². The van der Waals surface area contributed by atoms with Crippen LogP contribution in [0.25, 0.3) is 0 Å². The zero-order valence-corrected chi connectivity index (χ0v) is 12.4. The first kappa shape index (κ1) is 15.1. The van der Waals surface area contributed by atoms with Crippen molar-refractivity contribution in [1.29, 1.82) is 0 Å². The first-order valence-corrected chi connectivity index (χ1v) is 7.49. The third-order valence-electron chi connectivity index (χ3n) is 4.33. The minimum absolute atomic E-state index is 0.0973. The number of likely N-dealkylation sites (tertiary alicyclic amines) is 1. The van der Waals surface area contributed by atoms with Crippen molar-refractivity contribution in [3.8, 4) is 0 Å². The lowest BCUT2D eigenvalue weighted by Gasteiger charge is -2.38. The number of hydrogen-bond acceptors (Lipinski definition) is 3. The molecule has 2 atom stereocenters. The lowest BCUT2D eigenvalue weighted by atomic mass is 10.0. The van der Waals surface area contributed by atoms with Crippen LogP contribution in [0, 0.1) is 0 Å². The highest BCUT2D eigenvalue weighted by atomic mass is 16.4. The fraction of sp³-hybridized carbons (Fsp3) is 0.857. The summed E-state index contributed by atoms with van der Waals surface area (Å²) in [5, 5.41) is 9.30. The van der Waals surface area contributed by atoms with E-state index in [1.54, 1.807) is 4.90 Å². The van der Waals surface area contributed by atoms with E-state index >= 15 is 0 Å². The van der Waals surface area contributed by atoms with Crippen molar-refractivity contribution in [1.82, 2.24) is 14.7 Å². The molecule has 2 fully saturated rings. The van der Waals surface area contributed by atoms with Crippen LogP contribution >= 0.6 is 0 Å². The summed E-state index contributed by atoms with van der Waals surface area (Å²) in [6.07, 6.45) is 3.30. The van der Waals surface area contributed by atoms with Crippen LogP contribution in [-0.4, -0.2) is 77.1 Å². The number of carbonyl (C=O) groups is 2. The van der Waals surface area contributed by atoms with E-state index in [1.807, 2.05) is 11.8 Å². The molecule has 0 aromatic carbocycles. The maximum atomic E-state index is 12.7. The maximum absolute atomic E-state index is 12.7. The molecule has 0 saturated carbocycles. The number of hydrogen-bond donors (Lipinski definition) is 1. The van der Waals surface area contributed by atoms with Crippen LogP contribution in [0.3, 0.4) is 0 Å². The fourth-order valence-electron chi connectivity index (χ4n) is 3.24. The number of urea groups is 1. The summed E-state index contributed by atoms with van der Waals surface area (Å²) in [5.41, 5.74) is 0. The zero-order chi connectivity index (χ0) is 14.7. The van der Waals surface area contributed by atoms with Gasteiger partial charge in [-0.2, -0.15) is 0 Å². The molecule has 2 aliphatic heterocycles. The second-order valence-corrected chi connectivity index (χ2v) is 5.98. The summed E-state index contributed by atoms with van der Waals surface area (Å²) in [6, 6.07) is -0.615. The average Bonchev–Trinajstić information content (AvgIpc) is 2.58. The lowest BCUT2D eigenvalue weighted by Crippen LogP contribution is -2.55. The van der Waals surface area contributed by atoms with Crippen molar-refractivity contribution >= 4 is 12.0 Å². The Labute approximate surface area is 120 Å². The van der Waals surface area contributed by atoms with Gasteiger partial charge in [-0.05, 0) is 46.2 Å². The molecule has 1 N–H and O–H groups in total. The molecule has 6 nitrogen and oxygen atoms in total. The van der Waals surface area contributed by atoms with Gasteiger partial charge in [0, 0.05) is 25.7 Å². The first-order valence-electron chi connectivity index (χ1n) is 7.49. The van der Waals surface area contributed by atoms with Gasteiger partial charge in [-0.15, -0.1) is 0 Å². The molecule has 2 unspecified atom stereocenters. The number of piperidine rings is 1. The highest BCUT2D eigenvalue weighted by Crippen LogP contribution is 2.21. The largest absolute Gasteiger partial charge is 0.480 e. The molecule has 2 rings (SSSR count). The van der Waals surface area contributed by atoms with E-state index in [4.69, 9.17) is 0 Å². The van der Waals surface area contributed by atoms with Crippen molar-refractivity contribution < 1.29 is 14.7 Å². The minimum Gasteiger partial charge on any atom is -0.480 e. The summed E-state index contributed by atoms with van der Waals surface area (Å²) in [4.78, 5) is 29.7. The Kier molecular flexibility index (Phi) is 4.86. The van der Waals surface area contributed by atoms with Gasteiger partial charge in [0.1, 0.15) is 6.04 Å². The molecule has 0 aliphatic carbocycles. The standard InChI is InChI=1S/C14H25N3O3/c1-11-10-15(2)7-5-9-16(11)14(20)17-8-4-3-6-12(17)13(18)19/h11-12H,3-10H2,1-2H3,(H,18,19). The van der Waals surface area contributed by atoms with Gasteiger partial charge in [-0.3, -0.25) is 0 Å². The SMILES string of the molecule is CC1CN(C)CCCN1C(=O)N1CCCCC1C(=O)O. The van der Waals surface area contributed by atoms with Gasteiger partial charge < -0.3 is 19.8 Å². The Bertz CT molecular complexity index is 375. The number of aliphatic carboxylic acids is 1. The van der Waals surface area contributed by atoms with E-state index in [1.165, 1.54) is 0 Å². The van der Waals surface area contributed by atoms with Crippen LogP contribution < -0.4 is 0 Å². The third kappa shape index (κ3) is 3.23. The van der Waals surface area contributed by atoms with Crippen molar-refractivity contribution in [3.05, 3.63) is 0 Å². The predicted molar refractivity (Wildman–Crippen MR) is 75.7 cm³/mol. The summed E-state index contributed by atoms with van der Waals surface area (Å²) in [7, 11) is 2.06. The smallest absolute Gasteiger partial charge is 0.326 e. The topological polar surface area (TPSA) is 64.1 Å². The number of amides is 2. The number of rotatable bonds is 1. The van der Waals surface area contributed by atoms with Gasteiger partial charge in [0.15, 0.2) is 0 Å². The third-order valence-corrected chi connectivity index (χ3v) is 4.33. The van der Waals surface area contributed by atoms with E-state index in [0.717, 1.165) is 32.4 Å². The van der Waals surface area contributed by atoms with Gasteiger partial charge in [0.25, 0.3) is 0 Å². The number of nitrogens with zero attached hydrogens (tertiary/aromatic N) is 3. The second-order valence-electron chi connectivity index (χ2n) is 5.98. The van der Waals surface area contributed by atoms with E-state index in [9.17, 15) is 14.7 Å².